The topological polar surface area (TPSA) is 73.2 Å². The molecule has 0 radical (unpaired) electrons. The van der Waals surface area contributed by atoms with Crippen molar-refractivity contribution in [3.05, 3.63) is 39.9 Å². The van der Waals surface area contributed by atoms with E-state index in [0.29, 0.717) is 16.5 Å². The Hall–Kier alpha value is -2.21. The first-order valence-corrected chi connectivity index (χ1v) is 7.57. The summed E-state index contributed by atoms with van der Waals surface area (Å²) in [5.41, 5.74) is 3.26. The second kappa shape index (κ2) is 6.27. The Bertz CT molecular complexity index is 767. The summed E-state index contributed by atoms with van der Waals surface area (Å²) in [6.07, 6.45) is 5.18. The van der Waals surface area contributed by atoms with Crippen molar-refractivity contribution >= 4 is 16.8 Å². The van der Waals surface area contributed by atoms with Gasteiger partial charge in [-0.1, -0.05) is 12.8 Å². The van der Waals surface area contributed by atoms with Crippen LogP contribution in [-0.4, -0.2) is 22.6 Å². The summed E-state index contributed by atoms with van der Waals surface area (Å²) in [7, 11) is 1.38. The van der Waals surface area contributed by atoms with Crippen molar-refractivity contribution in [2.24, 2.45) is 0 Å². The SMILES string of the molecule is CONC(=O)c1ccc2c(=O)n3c(nc2c1)CCCCCC3. The van der Waals surface area contributed by atoms with Crippen LogP contribution in [0.3, 0.4) is 0 Å². The third-order valence-corrected chi connectivity index (χ3v) is 4.02. The standard InChI is InChI=1S/C16H19N3O3/c1-22-18-15(20)11-7-8-12-13(10-11)17-14-6-4-2-3-5-9-19(14)16(12)21/h7-8,10H,2-6,9H2,1H3,(H,18,20). The first-order valence-electron chi connectivity index (χ1n) is 7.57. The number of aryl methyl sites for hydroxylation is 1. The summed E-state index contributed by atoms with van der Waals surface area (Å²) in [6, 6.07) is 4.93. The lowest BCUT2D eigenvalue weighted by molar-refractivity contribution is 0.0538. The molecule has 1 aliphatic rings. The first-order chi connectivity index (χ1) is 10.7. The normalized spacial score (nSPS) is 15.0. The molecule has 1 amide bonds. The molecule has 6 nitrogen and oxygen atoms in total. The van der Waals surface area contributed by atoms with Gasteiger partial charge in [0, 0.05) is 18.5 Å². The smallest absolute Gasteiger partial charge is 0.274 e. The second-order valence-electron chi connectivity index (χ2n) is 5.52. The molecule has 22 heavy (non-hydrogen) atoms. The minimum Gasteiger partial charge on any atom is -0.296 e. The Kier molecular flexibility index (Phi) is 4.20. The summed E-state index contributed by atoms with van der Waals surface area (Å²) in [6.45, 7) is 0.725. The molecular formula is C16H19N3O3. The molecule has 0 spiro atoms. The lowest BCUT2D eigenvalue weighted by atomic mass is 10.1. The van der Waals surface area contributed by atoms with Crippen LogP contribution in [0.25, 0.3) is 10.9 Å². The average molecular weight is 301 g/mol. The van der Waals surface area contributed by atoms with Crippen molar-refractivity contribution in [3.8, 4) is 0 Å². The maximum atomic E-state index is 12.6. The number of carbonyl (C=O) groups excluding carboxylic acids is 1. The van der Waals surface area contributed by atoms with Gasteiger partial charge in [0.15, 0.2) is 0 Å². The van der Waals surface area contributed by atoms with Gasteiger partial charge in [0.2, 0.25) is 0 Å². The molecule has 0 saturated carbocycles. The molecule has 2 aromatic rings. The van der Waals surface area contributed by atoms with Gasteiger partial charge in [-0.05, 0) is 31.0 Å². The molecule has 0 unspecified atom stereocenters. The number of aromatic nitrogens is 2. The summed E-state index contributed by atoms with van der Waals surface area (Å²) in [5.74, 6) is 0.472. The monoisotopic (exact) mass is 301 g/mol. The van der Waals surface area contributed by atoms with Gasteiger partial charge < -0.3 is 0 Å². The van der Waals surface area contributed by atoms with E-state index in [0.717, 1.165) is 38.1 Å². The number of carbonyl (C=O) groups is 1. The van der Waals surface area contributed by atoms with E-state index in [4.69, 9.17) is 0 Å². The van der Waals surface area contributed by atoms with Crippen LogP contribution in [-0.2, 0) is 17.8 Å². The van der Waals surface area contributed by atoms with Gasteiger partial charge in [0.05, 0.1) is 18.0 Å². The number of hydrogen-bond acceptors (Lipinski definition) is 4. The van der Waals surface area contributed by atoms with E-state index >= 15 is 0 Å². The van der Waals surface area contributed by atoms with Crippen molar-refractivity contribution in [1.82, 2.24) is 15.0 Å². The lowest BCUT2D eigenvalue weighted by Gasteiger charge is -2.16. The van der Waals surface area contributed by atoms with E-state index in [2.05, 4.69) is 15.3 Å². The molecule has 2 heterocycles. The number of nitrogens with one attached hydrogen (secondary N) is 1. The van der Waals surface area contributed by atoms with E-state index < -0.39 is 0 Å². The van der Waals surface area contributed by atoms with Gasteiger partial charge in [-0.3, -0.25) is 19.0 Å². The minimum atomic E-state index is -0.349. The Morgan fingerprint density at radius 1 is 1.27 bits per heavy atom. The molecule has 1 aromatic carbocycles. The van der Waals surface area contributed by atoms with Crippen LogP contribution in [0, 0.1) is 0 Å². The molecule has 0 saturated heterocycles. The van der Waals surface area contributed by atoms with Crippen molar-refractivity contribution in [1.29, 1.82) is 0 Å². The first kappa shape index (κ1) is 14.7. The fourth-order valence-corrected chi connectivity index (χ4v) is 2.89. The van der Waals surface area contributed by atoms with Crippen molar-refractivity contribution in [2.45, 2.75) is 38.6 Å². The molecule has 0 bridgehead atoms. The predicted molar refractivity (Wildman–Crippen MR) is 82.7 cm³/mol. The molecule has 6 heteroatoms. The van der Waals surface area contributed by atoms with E-state index in [9.17, 15) is 9.59 Å². The second-order valence-corrected chi connectivity index (χ2v) is 5.52. The van der Waals surface area contributed by atoms with Crippen LogP contribution < -0.4 is 11.0 Å². The molecule has 3 rings (SSSR count). The number of amides is 1. The molecule has 0 atom stereocenters. The Morgan fingerprint density at radius 2 is 2.09 bits per heavy atom. The maximum absolute atomic E-state index is 12.6. The highest BCUT2D eigenvalue weighted by Crippen LogP contribution is 2.16. The number of hydroxylamine groups is 1. The highest BCUT2D eigenvalue weighted by Gasteiger charge is 2.14. The largest absolute Gasteiger partial charge is 0.296 e. The van der Waals surface area contributed by atoms with Crippen molar-refractivity contribution in [2.75, 3.05) is 7.11 Å². The molecule has 1 N–H and O–H groups in total. The summed E-state index contributed by atoms with van der Waals surface area (Å²) < 4.78 is 1.79. The van der Waals surface area contributed by atoms with Gasteiger partial charge in [0.25, 0.3) is 11.5 Å². The molecule has 0 fully saturated rings. The summed E-state index contributed by atoms with van der Waals surface area (Å²) >= 11 is 0. The molecular weight excluding hydrogens is 282 g/mol. The highest BCUT2D eigenvalue weighted by molar-refractivity contribution is 5.97. The summed E-state index contributed by atoms with van der Waals surface area (Å²) in [4.78, 5) is 33.7. The van der Waals surface area contributed by atoms with Crippen molar-refractivity contribution in [3.63, 3.8) is 0 Å². The maximum Gasteiger partial charge on any atom is 0.274 e. The Labute approximate surface area is 128 Å². The van der Waals surface area contributed by atoms with Crippen LogP contribution in [0.2, 0.25) is 0 Å². The van der Waals surface area contributed by atoms with E-state index in [1.807, 2.05) is 0 Å². The average Bonchev–Trinajstić information content (AvgIpc) is 2.49. The van der Waals surface area contributed by atoms with Crippen LogP contribution >= 0.6 is 0 Å². The molecule has 1 aliphatic heterocycles. The number of fused-ring (bicyclic) bond motifs is 2. The Morgan fingerprint density at radius 3 is 2.91 bits per heavy atom. The van der Waals surface area contributed by atoms with E-state index in [1.165, 1.54) is 13.5 Å². The predicted octanol–water partition coefficient (Wildman–Crippen LogP) is 1.80. The quantitative estimate of drug-likeness (QED) is 0.859. The van der Waals surface area contributed by atoms with Crippen LogP contribution in [0.4, 0.5) is 0 Å². The zero-order chi connectivity index (χ0) is 15.5. The Balaban J connectivity index is 2.11. The van der Waals surface area contributed by atoms with Crippen LogP contribution in [0.15, 0.2) is 23.0 Å². The number of benzene rings is 1. The van der Waals surface area contributed by atoms with Crippen LogP contribution in [0.1, 0.15) is 41.9 Å². The zero-order valence-corrected chi connectivity index (χ0v) is 12.6. The number of hydrogen-bond donors (Lipinski definition) is 1. The minimum absolute atomic E-state index is 0.0133. The lowest BCUT2D eigenvalue weighted by Crippen LogP contribution is -2.27. The van der Waals surface area contributed by atoms with Crippen molar-refractivity contribution < 1.29 is 9.63 Å². The van der Waals surface area contributed by atoms with Gasteiger partial charge in [0.1, 0.15) is 5.82 Å². The molecule has 1 aromatic heterocycles. The van der Waals surface area contributed by atoms with Gasteiger partial charge >= 0.3 is 0 Å². The summed E-state index contributed by atoms with van der Waals surface area (Å²) in [5, 5.41) is 0.554. The van der Waals surface area contributed by atoms with E-state index in [-0.39, 0.29) is 11.5 Å². The molecule has 0 aliphatic carbocycles. The fourth-order valence-electron chi connectivity index (χ4n) is 2.89. The van der Waals surface area contributed by atoms with Gasteiger partial charge in [-0.25, -0.2) is 10.5 Å². The van der Waals surface area contributed by atoms with Gasteiger partial charge in [-0.2, -0.15) is 0 Å². The third kappa shape index (κ3) is 2.74. The number of nitrogens with zero attached hydrogens (tertiary/aromatic N) is 2. The van der Waals surface area contributed by atoms with Gasteiger partial charge in [-0.15, -0.1) is 0 Å². The highest BCUT2D eigenvalue weighted by atomic mass is 16.6. The fraction of sp³-hybridized carbons (Fsp3) is 0.438. The van der Waals surface area contributed by atoms with Crippen LogP contribution in [0.5, 0.6) is 0 Å². The number of rotatable bonds is 2. The third-order valence-electron chi connectivity index (χ3n) is 4.02. The molecule has 116 valence electrons. The zero-order valence-electron chi connectivity index (χ0n) is 12.6. The van der Waals surface area contributed by atoms with E-state index in [1.54, 1.807) is 22.8 Å².